The van der Waals surface area contributed by atoms with Gasteiger partial charge in [-0.25, -0.2) is 0 Å². The number of amides is 1. The molecule has 1 aromatic carbocycles. The van der Waals surface area contributed by atoms with Gasteiger partial charge in [0.15, 0.2) is 5.12 Å². The Bertz CT molecular complexity index is 639. The molecular formula is C17H21N3O2S. The number of hydrogen-bond acceptors (Lipinski definition) is 5. The number of carbonyl (C=O) groups is 2. The molecule has 23 heavy (non-hydrogen) atoms. The van der Waals surface area contributed by atoms with Crippen LogP contribution in [0.2, 0.25) is 0 Å². The van der Waals surface area contributed by atoms with E-state index in [2.05, 4.69) is 18.3 Å². The number of nitrogens with one attached hydrogen (secondary N) is 1. The van der Waals surface area contributed by atoms with E-state index in [0.29, 0.717) is 24.3 Å². The zero-order chi connectivity index (χ0) is 16.8. The fraction of sp³-hybridized carbons (Fsp3) is 0.471. The molecule has 122 valence electrons. The Morgan fingerprint density at radius 1 is 1.52 bits per heavy atom. The molecule has 5 nitrogen and oxygen atoms in total. The van der Waals surface area contributed by atoms with E-state index in [0.717, 1.165) is 24.3 Å². The maximum Gasteiger partial charge on any atom is 0.227 e. The summed E-state index contributed by atoms with van der Waals surface area (Å²) in [5, 5.41) is 12.5. The van der Waals surface area contributed by atoms with Gasteiger partial charge in [-0.3, -0.25) is 9.59 Å². The van der Waals surface area contributed by atoms with Gasteiger partial charge in [0.1, 0.15) is 0 Å². The van der Waals surface area contributed by atoms with Crippen molar-refractivity contribution in [2.45, 2.75) is 26.7 Å². The van der Waals surface area contributed by atoms with Gasteiger partial charge >= 0.3 is 0 Å². The van der Waals surface area contributed by atoms with Crippen LogP contribution >= 0.6 is 11.8 Å². The summed E-state index contributed by atoms with van der Waals surface area (Å²) in [6, 6.07) is 7.50. The van der Waals surface area contributed by atoms with Gasteiger partial charge in [0.2, 0.25) is 5.91 Å². The van der Waals surface area contributed by atoms with Crippen molar-refractivity contribution in [2.75, 3.05) is 29.1 Å². The van der Waals surface area contributed by atoms with E-state index in [1.54, 1.807) is 24.0 Å². The lowest BCUT2D eigenvalue weighted by molar-refractivity contribution is -0.117. The molecule has 1 amide bonds. The molecule has 1 aliphatic heterocycles. The molecule has 0 saturated carbocycles. The fourth-order valence-corrected chi connectivity index (χ4v) is 3.29. The van der Waals surface area contributed by atoms with Crippen LogP contribution in [0, 0.1) is 17.2 Å². The van der Waals surface area contributed by atoms with E-state index in [9.17, 15) is 9.59 Å². The second kappa shape index (κ2) is 8.02. The SMILES string of the molecule is CCCNc1ccc(C#N)cc1N1CC(CSC(C)=O)CC1=O. The first-order chi connectivity index (χ1) is 11.0. The topological polar surface area (TPSA) is 73.2 Å². The van der Waals surface area contributed by atoms with E-state index in [4.69, 9.17) is 5.26 Å². The molecule has 1 fully saturated rings. The average Bonchev–Trinajstić information content (AvgIpc) is 2.91. The van der Waals surface area contributed by atoms with E-state index >= 15 is 0 Å². The van der Waals surface area contributed by atoms with Crippen molar-refractivity contribution in [1.29, 1.82) is 5.26 Å². The standard InChI is InChI=1S/C17H21N3O2S/c1-3-6-19-15-5-4-13(9-18)7-16(15)20-10-14(8-17(20)22)11-23-12(2)21/h4-5,7,14,19H,3,6,8,10-11H2,1-2H3. The zero-order valence-corrected chi connectivity index (χ0v) is 14.3. The maximum atomic E-state index is 12.4. The predicted molar refractivity (Wildman–Crippen MR) is 93.5 cm³/mol. The van der Waals surface area contributed by atoms with Gasteiger partial charge < -0.3 is 10.2 Å². The third-order valence-electron chi connectivity index (χ3n) is 3.71. The van der Waals surface area contributed by atoms with Crippen LogP contribution < -0.4 is 10.2 Å². The molecule has 6 heteroatoms. The Morgan fingerprint density at radius 3 is 2.96 bits per heavy atom. The molecule has 0 aromatic heterocycles. The monoisotopic (exact) mass is 331 g/mol. The van der Waals surface area contributed by atoms with Crippen LogP contribution in [-0.2, 0) is 9.59 Å². The van der Waals surface area contributed by atoms with Gasteiger partial charge in [-0.2, -0.15) is 5.26 Å². The number of rotatable bonds is 6. The molecule has 1 atom stereocenters. The largest absolute Gasteiger partial charge is 0.383 e. The Hall–Kier alpha value is -2.00. The Labute approximate surface area is 141 Å². The van der Waals surface area contributed by atoms with Crippen LogP contribution in [0.3, 0.4) is 0 Å². The van der Waals surface area contributed by atoms with Crippen molar-refractivity contribution in [3.05, 3.63) is 23.8 Å². The number of benzene rings is 1. The highest BCUT2D eigenvalue weighted by molar-refractivity contribution is 8.13. The molecule has 1 saturated heterocycles. The molecule has 0 bridgehead atoms. The Kier molecular flexibility index (Phi) is 6.05. The lowest BCUT2D eigenvalue weighted by Crippen LogP contribution is -2.26. The van der Waals surface area contributed by atoms with Gasteiger partial charge in [-0.05, 0) is 30.5 Å². The molecule has 1 aromatic rings. The summed E-state index contributed by atoms with van der Waals surface area (Å²) in [6.45, 7) is 5.02. The molecule has 1 N–H and O–H groups in total. The summed E-state index contributed by atoms with van der Waals surface area (Å²) in [4.78, 5) is 25.2. The molecule has 1 aliphatic rings. The van der Waals surface area contributed by atoms with Crippen molar-refractivity contribution >= 4 is 34.2 Å². The van der Waals surface area contributed by atoms with E-state index in [1.807, 2.05) is 6.07 Å². The predicted octanol–water partition coefficient (Wildman–Crippen LogP) is 3.01. The molecule has 0 spiro atoms. The van der Waals surface area contributed by atoms with Gasteiger partial charge in [0, 0.05) is 32.2 Å². The van der Waals surface area contributed by atoms with Crippen molar-refractivity contribution < 1.29 is 9.59 Å². The minimum Gasteiger partial charge on any atom is -0.383 e. The van der Waals surface area contributed by atoms with Crippen molar-refractivity contribution in [3.63, 3.8) is 0 Å². The molecule has 1 unspecified atom stereocenters. The second-order valence-corrected chi connectivity index (χ2v) is 6.84. The smallest absolute Gasteiger partial charge is 0.227 e. The van der Waals surface area contributed by atoms with E-state index < -0.39 is 0 Å². The van der Waals surface area contributed by atoms with E-state index in [1.165, 1.54) is 11.8 Å². The summed E-state index contributed by atoms with van der Waals surface area (Å²) in [5.74, 6) is 0.878. The summed E-state index contributed by atoms with van der Waals surface area (Å²) in [5.41, 5.74) is 2.17. The van der Waals surface area contributed by atoms with Gasteiger partial charge in [-0.1, -0.05) is 18.7 Å². The van der Waals surface area contributed by atoms with Gasteiger partial charge in [-0.15, -0.1) is 0 Å². The minimum atomic E-state index is 0.0498. The van der Waals surface area contributed by atoms with Crippen LogP contribution in [0.1, 0.15) is 32.3 Å². The molecule has 2 rings (SSSR count). The minimum absolute atomic E-state index is 0.0498. The number of carbonyl (C=O) groups excluding carboxylic acids is 2. The lowest BCUT2D eigenvalue weighted by Gasteiger charge is -2.21. The fourth-order valence-electron chi connectivity index (χ4n) is 2.59. The van der Waals surface area contributed by atoms with Crippen LogP contribution in [-0.4, -0.2) is 29.9 Å². The molecule has 1 heterocycles. The third-order valence-corrected chi connectivity index (χ3v) is 4.76. The highest BCUT2D eigenvalue weighted by atomic mass is 32.2. The maximum absolute atomic E-state index is 12.4. The van der Waals surface area contributed by atoms with Crippen molar-refractivity contribution in [2.24, 2.45) is 5.92 Å². The lowest BCUT2D eigenvalue weighted by atomic mass is 10.1. The first-order valence-corrected chi connectivity index (χ1v) is 8.75. The first-order valence-electron chi connectivity index (χ1n) is 7.77. The molecular weight excluding hydrogens is 310 g/mol. The number of thioether (sulfide) groups is 1. The van der Waals surface area contributed by atoms with Crippen LogP contribution in [0.5, 0.6) is 0 Å². The summed E-state index contributed by atoms with van der Waals surface area (Å²) in [7, 11) is 0. The molecule has 0 radical (unpaired) electrons. The van der Waals surface area contributed by atoms with Crippen LogP contribution in [0.15, 0.2) is 18.2 Å². The normalized spacial score (nSPS) is 17.2. The Morgan fingerprint density at radius 2 is 2.30 bits per heavy atom. The van der Waals surface area contributed by atoms with E-state index in [-0.39, 0.29) is 16.9 Å². The van der Waals surface area contributed by atoms with Crippen molar-refractivity contribution in [1.82, 2.24) is 0 Å². The summed E-state index contributed by atoms with van der Waals surface area (Å²) >= 11 is 1.27. The average molecular weight is 331 g/mol. The highest BCUT2D eigenvalue weighted by Gasteiger charge is 2.32. The Balaban J connectivity index is 2.20. The number of nitrogens with zero attached hydrogens (tertiary/aromatic N) is 2. The number of nitriles is 1. The van der Waals surface area contributed by atoms with Gasteiger partial charge in [0.05, 0.1) is 23.0 Å². The van der Waals surface area contributed by atoms with Crippen LogP contribution in [0.25, 0.3) is 0 Å². The third kappa shape index (κ3) is 4.49. The second-order valence-electron chi connectivity index (χ2n) is 5.65. The highest BCUT2D eigenvalue weighted by Crippen LogP contribution is 2.33. The van der Waals surface area contributed by atoms with Crippen molar-refractivity contribution in [3.8, 4) is 6.07 Å². The number of anilines is 2. The van der Waals surface area contributed by atoms with Crippen LogP contribution in [0.4, 0.5) is 11.4 Å². The zero-order valence-electron chi connectivity index (χ0n) is 13.5. The first kappa shape index (κ1) is 17.4. The van der Waals surface area contributed by atoms with Gasteiger partial charge in [0.25, 0.3) is 0 Å². The summed E-state index contributed by atoms with van der Waals surface area (Å²) < 4.78 is 0. The summed E-state index contributed by atoms with van der Waals surface area (Å²) in [6.07, 6.45) is 1.43. The quantitative estimate of drug-likeness (QED) is 0.867. The molecule has 0 aliphatic carbocycles. The number of hydrogen-bond donors (Lipinski definition) is 1.